The summed E-state index contributed by atoms with van der Waals surface area (Å²) in [7, 11) is 1.92. The van der Waals surface area contributed by atoms with Crippen LogP contribution in [-0.4, -0.2) is 41.8 Å². The van der Waals surface area contributed by atoms with Gasteiger partial charge in [-0.1, -0.05) is 0 Å². The highest BCUT2D eigenvalue weighted by Crippen LogP contribution is 2.33. The average molecular weight is 338 g/mol. The Kier molecular flexibility index (Phi) is 4.10. The molecule has 2 N–H and O–H groups in total. The highest BCUT2D eigenvalue weighted by atomic mass is 16.3. The van der Waals surface area contributed by atoms with Gasteiger partial charge >= 0.3 is 0 Å². The smallest absolute Gasteiger partial charge is 0.0983 e. The SMILES string of the molecule is Cc1cnn([C@H]2[C@H](O)C[C@@H]2NCc2cn(C)nc2-c2cccnc2)c1. The molecule has 0 saturated heterocycles. The van der Waals surface area contributed by atoms with Gasteiger partial charge in [-0.25, -0.2) is 0 Å². The van der Waals surface area contributed by atoms with Gasteiger partial charge in [-0.2, -0.15) is 10.2 Å². The van der Waals surface area contributed by atoms with Crippen LogP contribution in [0.1, 0.15) is 23.6 Å². The molecule has 25 heavy (non-hydrogen) atoms. The minimum Gasteiger partial charge on any atom is -0.391 e. The maximum absolute atomic E-state index is 10.1. The molecule has 3 heterocycles. The Bertz CT molecular complexity index is 856. The van der Waals surface area contributed by atoms with Crippen LogP contribution in [0.5, 0.6) is 0 Å². The van der Waals surface area contributed by atoms with Crippen LogP contribution in [-0.2, 0) is 13.6 Å². The highest BCUT2D eigenvalue weighted by Gasteiger charge is 2.41. The Morgan fingerprint density at radius 3 is 2.88 bits per heavy atom. The largest absolute Gasteiger partial charge is 0.391 e. The molecule has 3 aromatic heterocycles. The third-order valence-corrected chi connectivity index (χ3v) is 4.73. The van der Waals surface area contributed by atoms with Crippen LogP contribution >= 0.6 is 0 Å². The molecule has 1 fully saturated rings. The monoisotopic (exact) mass is 338 g/mol. The van der Waals surface area contributed by atoms with Crippen molar-refractivity contribution in [3.63, 3.8) is 0 Å². The quantitative estimate of drug-likeness (QED) is 0.736. The van der Waals surface area contributed by atoms with E-state index >= 15 is 0 Å². The summed E-state index contributed by atoms with van der Waals surface area (Å²) in [6.45, 7) is 2.69. The second-order valence-electron chi connectivity index (χ2n) is 6.70. The third kappa shape index (κ3) is 3.08. The molecule has 1 aliphatic rings. The molecule has 0 aliphatic heterocycles. The predicted molar refractivity (Wildman–Crippen MR) is 93.7 cm³/mol. The molecule has 0 bridgehead atoms. The fraction of sp³-hybridized carbons (Fsp3) is 0.389. The van der Waals surface area contributed by atoms with E-state index in [1.807, 2.05) is 60.3 Å². The van der Waals surface area contributed by atoms with Crippen molar-refractivity contribution in [2.45, 2.75) is 38.1 Å². The Morgan fingerprint density at radius 2 is 2.20 bits per heavy atom. The summed E-state index contributed by atoms with van der Waals surface area (Å²) in [4.78, 5) is 4.18. The molecule has 0 spiro atoms. The van der Waals surface area contributed by atoms with Gasteiger partial charge in [-0.3, -0.25) is 14.3 Å². The van der Waals surface area contributed by atoms with Gasteiger partial charge in [-0.05, 0) is 31.0 Å². The molecule has 0 aromatic carbocycles. The number of aliphatic hydroxyl groups excluding tert-OH is 1. The Morgan fingerprint density at radius 1 is 1.32 bits per heavy atom. The highest BCUT2D eigenvalue weighted by molar-refractivity contribution is 5.61. The zero-order chi connectivity index (χ0) is 17.4. The first kappa shape index (κ1) is 16.0. The minimum atomic E-state index is -0.358. The van der Waals surface area contributed by atoms with E-state index < -0.39 is 0 Å². The van der Waals surface area contributed by atoms with Gasteiger partial charge in [-0.15, -0.1) is 0 Å². The first-order valence-corrected chi connectivity index (χ1v) is 8.47. The zero-order valence-electron chi connectivity index (χ0n) is 14.4. The van der Waals surface area contributed by atoms with Crippen molar-refractivity contribution in [2.75, 3.05) is 0 Å². The number of hydrogen-bond acceptors (Lipinski definition) is 5. The summed E-state index contributed by atoms with van der Waals surface area (Å²) in [5, 5.41) is 22.6. The maximum atomic E-state index is 10.1. The number of aryl methyl sites for hydroxylation is 2. The number of pyridine rings is 1. The maximum Gasteiger partial charge on any atom is 0.0983 e. The number of rotatable bonds is 5. The van der Waals surface area contributed by atoms with Crippen LogP contribution in [0.2, 0.25) is 0 Å². The second kappa shape index (κ2) is 6.42. The Labute approximate surface area is 146 Å². The molecule has 0 unspecified atom stereocenters. The average Bonchev–Trinajstić information content (AvgIpc) is 3.17. The van der Waals surface area contributed by atoms with E-state index in [1.54, 1.807) is 6.20 Å². The number of aromatic nitrogens is 5. The van der Waals surface area contributed by atoms with E-state index in [9.17, 15) is 5.11 Å². The molecule has 0 amide bonds. The number of nitrogens with zero attached hydrogens (tertiary/aromatic N) is 5. The lowest BCUT2D eigenvalue weighted by molar-refractivity contribution is -0.00822. The van der Waals surface area contributed by atoms with Gasteiger partial charge in [0, 0.05) is 55.5 Å². The summed E-state index contributed by atoms with van der Waals surface area (Å²) < 4.78 is 3.69. The van der Waals surface area contributed by atoms with Crippen molar-refractivity contribution in [3.05, 3.63) is 54.2 Å². The van der Waals surface area contributed by atoms with Crippen LogP contribution in [0.25, 0.3) is 11.3 Å². The van der Waals surface area contributed by atoms with Crippen molar-refractivity contribution in [2.24, 2.45) is 7.05 Å². The lowest BCUT2D eigenvalue weighted by Crippen LogP contribution is -2.54. The second-order valence-corrected chi connectivity index (χ2v) is 6.70. The molecule has 4 rings (SSSR count). The molecule has 3 aromatic rings. The molecule has 1 saturated carbocycles. The van der Waals surface area contributed by atoms with Crippen LogP contribution < -0.4 is 5.32 Å². The van der Waals surface area contributed by atoms with E-state index in [2.05, 4.69) is 20.5 Å². The summed E-state index contributed by atoms with van der Waals surface area (Å²) >= 11 is 0. The number of aliphatic hydroxyl groups is 1. The van der Waals surface area contributed by atoms with Crippen molar-refractivity contribution >= 4 is 0 Å². The number of hydrogen-bond donors (Lipinski definition) is 2. The van der Waals surface area contributed by atoms with Crippen molar-refractivity contribution in [1.29, 1.82) is 0 Å². The Balaban J connectivity index is 1.49. The van der Waals surface area contributed by atoms with Crippen molar-refractivity contribution < 1.29 is 5.11 Å². The fourth-order valence-corrected chi connectivity index (χ4v) is 3.43. The first-order valence-electron chi connectivity index (χ1n) is 8.47. The molecular formula is C18H22N6O. The van der Waals surface area contributed by atoms with E-state index in [0.717, 1.165) is 28.8 Å². The molecule has 130 valence electrons. The lowest BCUT2D eigenvalue weighted by atomic mass is 9.83. The van der Waals surface area contributed by atoms with Crippen LogP contribution in [0, 0.1) is 6.92 Å². The van der Waals surface area contributed by atoms with E-state index in [0.29, 0.717) is 6.54 Å². The third-order valence-electron chi connectivity index (χ3n) is 4.73. The van der Waals surface area contributed by atoms with Crippen molar-refractivity contribution in [3.8, 4) is 11.3 Å². The molecule has 0 radical (unpaired) electrons. The van der Waals surface area contributed by atoms with Gasteiger partial charge in [0.05, 0.1) is 24.0 Å². The number of nitrogens with one attached hydrogen (secondary N) is 1. The summed E-state index contributed by atoms with van der Waals surface area (Å²) in [5.41, 5.74) is 4.17. The molecule has 1 aliphatic carbocycles. The summed E-state index contributed by atoms with van der Waals surface area (Å²) in [5.74, 6) is 0. The van der Waals surface area contributed by atoms with Crippen LogP contribution in [0.3, 0.4) is 0 Å². The van der Waals surface area contributed by atoms with Gasteiger partial charge in [0.2, 0.25) is 0 Å². The standard InChI is InChI=1S/C18H22N6O/c1-12-7-21-24(10-12)18-15(6-16(18)25)20-9-14-11-23(2)22-17(14)13-4-3-5-19-8-13/h3-5,7-8,10-11,15-16,18,20,25H,6,9H2,1-2H3/t15-,16+,18+/m0/s1. The van der Waals surface area contributed by atoms with E-state index in [4.69, 9.17) is 0 Å². The Hall–Kier alpha value is -2.51. The zero-order valence-corrected chi connectivity index (χ0v) is 14.4. The van der Waals surface area contributed by atoms with Crippen molar-refractivity contribution in [1.82, 2.24) is 29.9 Å². The molecule has 3 atom stereocenters. The summed E-state index contributed by atoms with van der Waals surface area (Å²) in [6, 6.07) is 4.10. The molecule has 7 nitrogen and oxygen atoms in total. The van der Waals surface area contributed by atoms with Gasteiger partial charge in [0.25, 0.3) is 0 Å². The predicted octanol–water partition coefficient (Wildman–Crippen LogP) is 1.45. The topological polar surface area (TPSA) is 80.8 Å². The van der Waals surface area contributed by atoms with Crippen LogP contribution in [0.15, 0.2) is 43.1 Å². The lowest BCUT2D eigenvalue weighted by Gasteiger charge is -2.42. The van der Waals surface area contributed by atoms with E-state index in [-0.39, 0.29) is 18.2 Å². The van der Waals surface area contributed by atoms with Gasteiger partial charge < -0.3 is 10.4 Å². The fourth-order valence-electron chi connectivity index (χ4n) is 3.43. The van der Waals surface area contributed by atoms with E-state index in [1.165, 1.54) is 0 Å². The van der Waals surface area contributed by atoms with Crippen LogP contribution in [0.4, 0.5) is 0 Å². The normalized spacial score (nSPS) is 22.8. The van der Waals surface area contributed by atoms with Gasteiger partial charge in [0.1, 0.15) is 0 Å². The molecule has 7 heteroatoms. The summed E-state index contributed by atoms with van der Waals surface area (Å²) in [6.07, 6.45) is 9.79. The first-order chi connectivity index (χ1) is 12.1. The van der Waals surface area contributed by atoms with Gasteiger partial charge in [0.15, 0.2) is 0 Å². The minimum absolute atomic E-state index is 0.0211. The molecular weight excluding hydrogens is 316 g/mol.